The second-order valence-electron chi connectivity index (χ2n) is 6.60. The summed E-state index contributed by atoms with van der Waals surface area (Å²) < 4.78 is 11.7. The van der Waals surface area contributed by atoms with Crippen molar-refractivity contribution >= 4 is 62.9 Å². The summed E-state index contributed by atoms with van der Waals surface area (Å²) >= 11 is 10.9. The number of carbonyl (C=O) groups excluding carboxylic acids is 2. The Kier molecular flexibility index (Phi) is 7.74. The van der Waals surface area contributed by atoms with Crippen LogP contribution in [0, 0.1) is 6.92 Å². The van der Waals surface area contributed by atoms with Gasteiger partial charge in [-0.3, -0.25) is 9.59 Å². The summed E-state index contributed by atoms with van der Waals surface area (Å²) in [6, 6.07) is 9.08. The third-order valence-corrected chi connectivity index (χ3v) is 6.06. The van der Waals surface area contributed by atoms with Gasteiger partial charge in [-0.1, -0.05) is 29.4 Å². The highest BCUT2D eigenvalue weighted by atomic mass is 79.9. The van der Waals surface area contributed by atoms with Crippen LogP contribution in [0.15, 0.2) is 39.7 Å². The average molecular weight is 527 g/mol. The first kappa shape index (κ1) is 23.3. The summed E-state index contributed by atoms with van der Waals surface area (Å²) in [5.74, 6) is 0.0401. The summed E-state index contributed by atoms with van der Waals surface area (Å²) in [6.45, 7) is 3.93. The van der Waals surface area contributed by atoms with Crippen molar-refractivity contribution in [3.63, 3.8) is 0 Å². The van der Waals surface area contributed by atoms with Crippen molar-refractivity contribution in [2.45, 2.75) is 19.3 Å². The lowest BCUT2D eigenvalue weighted by Gasteiger charge is -2.15. The third-order valence-electron chi connectivity index (χ3n) is 4.21. The Morgan fingerprint density at radius 3 is 2.84 bits per heavy atom. The molecule has 7 nitrogen and oxygen atoms in total. The van der Waals surface area contributed by atoms with E-state index in [4.69, 9.17) is 26.8 Å². The van der Waals surface area contributed by atoms with Crippen LogP contribution in [0.3, 0.4) is 0 Å². The van der Waals surface area contributed by atoms with Crippen molar-refractivity contribution in [1.29, 1.82) is 0 Å². The molecule has 1 aliphatic rings. The minimum atomic E-state index is -0.590. The standard InChI is InChI=1S/C21H21BrClN3O4S/c1-3-29-16-7-12(6-14(22)19(16)30-10-18(24)27)8-17-20(28)26-21(31-17)25-15-9-13(23)5-4-11(15)2/h4-9,21,25H,3,10H2,1-2H3,(H2,24,27)(H,26,28)/b17-8-. The zero-order valence-electron chi connectivity index (χ0n) is 16.8. The second kappa shape index (κ2) is 10.3. The first-order valence-corrected chi connectivity index (χ1v) is 11.4. The quantitative estimate of drug-likeness (QED) is 0.444. The summed E-state index contributed by atoms with van der Waals surface area (Å²) in [5, 5.41) is 6.80. The summed E-state index contributed by atoms with van der Waals surface area (Å²) in [7, 11) is 0. The maximum Gasteiger partial charge on any atom is 0.260 e. The van der Waals surface area contributed by atoms with Crippen molar-refractivity contribution in [3.8, 4) is 11.5 Å². The van der Waals surface area contributed by atoms with Crippen molar-refractivity contribution in [1.82, 2.24) is 5.32 Å². The van der Waals surface area contributed by atoms with E-state index in [1.165, 1.54) is 11.8 Å². The van der Waals surface area contributed by atoms with Gasteiger partial charge >= 0.3 is 0 Å². The van der Waals surface area contributed by atoms with Gasteiger partial charge in [0.25, 0.3) is 11.8 Å². The molecule has 2 amide bonds. The average Bonchev–Trinajstić information content (AvgIpc) is 3.03. The molecule has 0 aromatic heterocycles. The number of thioether (sulfide) groups is 1. The molecule has 10 heteroatoms. The molecule has 0 aliphatic carbocycles. The molecule has 1 heterocycles. The second-order valence-corrected chi connectivity index (χ2v) is 9.04. The fourth-order valence-electron chi connectivity index (χ4n) is 2.83. The number of halogens is 2. The van der Waals surface area contributed by atoms with E-state index < -0.39 is 5.91 Å². The van der Waals surface area contributed by atoms with Gasteiger partial charge in [0.2, 0.25) is 0 Å². The number of primary amides is 1. The lowest BCUT2D eigenvalue weighted by atomic mass is 10.2. The molecule has 1 aliphatic heterocycles. The van der Waals surface area contributed by atoms with Gasteiger partial charge in [-0.15, -0.1) is 0 Å². The van der Waals surface area contributed by atoms with Crippen LogP contribution < -0.4 is 25.8 Å². The number of nitrogens with one attached hydrogen (secondary N) is 2. The van der Waals surface area contributed by atoms with Crippen LogP contribution in [-0.4, -0.2) is 30.5 Å². The van der Waals surface area contributed by atoms with Gasteiger partial charge in [0.15, 0.2) is 23.6 Å². The molecule has 0 bridgehead atoms. The van der Waals surface area contributed by atoms with Crippen molar-refractivity contribution in [3.05, 3.63) is 55.9 Å². The smallest absolute Gasteiger partial charge is 0.260 e. The molecule has 3 rings (SSSR count). The first-order chi connectivity index (χ1) is 14.8. The van der Waals surface area contributed by atoms with E-state index in [0.29, 0.717) is 32.5 Å². The van der Waals surface area contributed by atoms with Gasteiger partial charge in [-0.2, -0.15) is 0 Å². The molecule has 31 heavy (non-hydrogen) atoms. The van der Waals surface area contributed by atoms with Crippen LogP contribution in [0.1, 0.15) is 18.1 Å². The van der Waals surface area contributed by atoms with Crippen LogP contribution in [0.4, 0.5) is 5.69 Å². The van der Waals surface area contributed by atoms with Crippen LogP contribution in [-0.2, 0) is 9.59 Å². The molecule has 1 atom stereocenters. The molecule has 2 aromatic carbocycles. The fourth-order valence-corrected chi connectivity index (χ4v) is 4.55. The van der Waals surface area contributed by atoms with Gasteiger partial charge in [-0.05, 0) is 71.2 Å². The van der Waals surface area contributed by atoms with Crippen LogP contribution in [0.5, 0.6) is 11.5 Å². The number of nitrogens with two attached hydrogens (primary N) is 1. The normalized spacial score (nSPS) is 16.8. The minimum Gasteiger partial charge on any atom is -0.490 e. The van der Waals surface area contributed by atoms with Gasteiger partial charge in [-0.25, -0.2) is 0 Å². The van der Waals surface area contributed by atoms with E-state index in [0.717, 1.165) is 16.8 Å². The number of hydrogen-bond acceptors (Lipinski definition) is 6. The van der Waals surface area contributed by atoms with E-state index >= 15 is 0 Å². The van der Waals surface area contributed by atoms with Crippen LogP contribution >= 0.6 is 39.3 Å². The molecule has 0 spiro atoms. The number of aryl methyl sites for hydroxylation is 1. The maximum atomic E-state index is 12.5. The van der Waals surface area contributed by atoms with Crippen molar-refractivity contribution in [2.24, 2.45) is 5.73 Å². The lowest BCUT2D eigenvalue weighted by molar-refractivity contribution is -0.120. The molecule has 164 valence electrons. The van der Waals surface area contributed by atoms with Gasteiger partial charge in [0, 0.05) is 10.7 Å². The number of ether oxygens (including phenoxy) is 2. The molecule has 1 saturated heterocycles. The zero-order chi connectivity index (χ0) is 22.5. The number of anilines is 1. The number of benzene rings is 2. The molecule has 2 aromatic rings. The molecular weight excluding hydrogens is 506 g/mol. The number of rotatable bonds is 8. The fraction of sp³-hybridized carbons (Fsp3) is 0.238. The van der Waals surface area contributed by atoms with Gasteiger partial charge < -0.3 is 25.8 Å². The third kappa shape index (κ3) is 6.09. The Balaban J connectivity index is 1.81. The van der Waals surface area contributed by atoms with Crippen LogP contribution in [0.2, 0.25) is 5.02 Å². The van der Waals surface area contributed by atoms with E-state index in [9.17, 15) is 9.59 Å². The Hall–Kier alpha value is -2.36. The van der Waals surface area contributed by atoms with E-state index in [1.54, 1.807) is 18.2 Å². The molecule has 1 unspecified atom stereocenters. The Labute approximate surface area is 197 Å². The van der Waals surface area contributed by atoms with Gasteiger partial charge in [0.05, 0.1) is 16.0 Å². The number of amides is 2. The summed E-state index contributed by atoms with van der Waals surface area (Å²) in [6.07, 6.45) is 1.76. The van der Waals surface area contributed by atoms with Crippen molar-refractivity contribution in [2.75, 3.05) is 18.5 Å². The van der Waals surface area contributed by atoms with E-state index in [1.807, 2.05) is 32.0 Å². The van der Waals surface area contributed by atoms with E-state index in [2.05, 4.69) is 26.6 Å². The predicted molar refractivity (Wildman–Crippen MR) is 127 cm³/mol. The highest BCUT2D eigenvalue weighted by Gasteiger charge is 2.27. The highest BCUT2D eigenvalue weighted by molar-refractivity contribution is 9.10. The molecule has 4 N–H and O–H groups in total. The minimum absolute atomic E-state index is 0.190. The molecule has 1 fully saturated rings. The number of carbonyl (C=O) groups is 2. The maximum absolute atomic E-state index is 12.5. The SMILES string of the molecule is CCOc1cc(/C=C2\SC(Nc3cc(Cl)ccc3C)NC2=O)cc(Br)c1OCC(N)=O. The Bertz CT molecular complexity index is 1050. The largest absolute Gasteiger partial charge is 0.490 e. The molecule has 0 saturated carbocycles. The Morgan fingerprint density at radius 1 is 1.35 bits per heavy atom. The first-order valence-electron chi connectivity index (χ1n) is 9.36. The topological polar surface area (TPSA) is 103 Å². The van der Waals surface area contributed by atoms with Crippen LogP contribution in [0.25, 0.3) is 6.08 Å². The summed E-state index contributed by atoms with van der Waals surface area (Å²) in [5.41, 5.74) is 7.44. The van der Waals surface area contributed by atoms with Crippen molar-refractivity contribution < 1.29 is 19.1 Å². The zero-order valence-corrected chi connectivity index (χ0v) is 20.0. The van der Waals surface area contributed by atoms with E-state index in [-0.39, 0.29) is 18.0 Å². The predicted octanol–water partition coefficient (Wildman–Crippen LogP) is 4.27. The Morgan fingerprint density at radius 2 is 2.13 bits per heavy atom. The number of hydrogen-bond donors (Lipinski definition) is 3. The highest BCUT2D eigenvalue weighted by Crippen LogP contribution is 2.39. The van der Waals surface area contributed by atoms with Gasteiger partial charge in [0.1, 0.15) is 0 Å². The molecular formula is C21H21BrClN3O4S. The monoisotopic (exact) mass is 525 g/mol. The molecule has 0 radical (unpaired) electrons. The summed E-state index contributed by atoms with van der Waals surface area (Å²) in [4.78, 5) is 24.1. The lowest BCUT2D eigenvalue weighted by Crippen LogP contribution is -2.31.